The van der Waals surface area contributed by atoms with Crippen molar-refractivity contribution >= 4 is 17.6 Å². The molecule has 34 heavy (non-hydrogen) atoms. The number of para-hydroxylation sites is 2. The first-order valence-electron chi connectivity index (χ1n) is 12.7. The number of aliphatic imine (C=N–C) groups is 1. The molecule has 0 bridgehead atoms. The van der Waals surface area contributed by atoms with Crippen molar-refractivity contribution in [2.24, 2.45) is 9.98 Å². The number of nitrogens with zero attached hydrogens (tertiary/aromatic N) is 2. The summed E-state index contributed by atoms with van der Waals surface area (Å²) in [6.07, 6.45) is 2.76. The van der Waals surface area contributed by atoms with Gasteiger partial charge in [0.15, 0.2) is 0 Å². The molecule has 1 N–H and O–H groups in total. The van der Waals surface area contributed by atoms with Gasteiger partial charge in [-0.3, -0.25) is 4.99 Å². The second kappa shape index (κ2) is 11.5. The third kappa shape index (κ3) is 6.14. The Morgan fingerprint density at radius 2 is 1.06 bits per heavy atom. The van der Waals surface area contributed by atoms with Crippen LogP contribution in [0.3, 0.4) is 0 Å². The minimum absolute atomic E-state index is 0.420. The predicted octanol–water partition coefficient (Wildman–Crippen LogP) is 8.69. The van der Waals surface area contributed by atoms with E-state index in [0.29, 0.717) is 23.7 Å². The number of hydrogen-bond acceptors (Lipinski definition) is 2. The fraction of sp³-hybridized carbons (Fsp3) is 0.419. The first kappa shape index (κ1) is 25.7. The number of H-pyrrole nitrogens is 1. The van der Waals surface area contributed by atoms with Gasteiger partial charge in [-0.05, 0) is 58.1 Å². The van der Waals surface area contributed by atoms with Gasteiger partial charge in [-0.1, -0.05) is 97.9 Å². The molecule has 3 nitrogen and oxygen atoms in total. The van der Waals surface area contributed by atoms with Crippen LogP contribution in [0.15, 0.2) is 64.6 Å². The van der Waals surface area contributed by atoms with Crippen molar-refractivity contribution in [1.29, 1.82) is 0 Å². The third-order valence-electron chi connectivity index (χ3n) is 6.29. The summed E-state index contributed by atoms with van der Waals surface area (Å²) in [7, 11) is 0. The molecule has 1 heterocycles. The predicted molar refractivity (Wildman–Crippen MR) is 147 cm³/mol. The van der Waals surface area contributed by atoms with Crippen LogP contribution in [-0.4, -0.2) is 11.2 Å². The normalized spacial score (nSPS) is 12.8. The van der Waals surface area contributed by atoms with Gasteiger partial charge in [-0.15, -0.1) is 0 Å². The number of pyridine rings is 1. The van der Waals surface area contributed by atoms with E-state index in [4.69, 9.17) is 9.98 Å². The molecule has 0 spiro atoms. The Labute approximate surface area is 206 Å². The van der Waals surface area contributed by atoms with Crippen LogP contribution in [-0.2, 0) is 6.42 Å². The zero-order valence-electron chi connectivity index (χ0n) is 22.2. The number of hydrogen-bond donors (Lipinski definition) is 1. The van der Waals surface area contributed by atoms with Gasteiger partial charge in [0.25, 0.3) is 0 Å². The van der Waals surface area contributed by atoms with Crippen LogP contribution < -0.4 is 5.49 Å². The zero-order valence-corrected chi connectivity index (χ0v) is 22.2. The van der Waals surface area contributed by atoms with Gasteiger partial charge in [-0.2, -0.15) is 0 Å². The molecule has 0 fully saturated rings. The number of benzene rings is 2. The van der Waals surface area contributed by atoms with Gasteiger partial charge in [0.1, 0.15) is 5.49 Å². The Morgan fingerprint density at radius 3 is 1.53 bits per heavy atom. The second-order valence-corrected chi connectivity index (χ2v) is 10.4. The SMILES string of the molecule is CC(C)c1cccc(C(C)C)c1N=CCc1cccc(=Nc2c(C(C)C)cccc2C(C)C)[nH]1. The third-order valence-corrected chi connectivity index (χ3v) is 6.29. The quantitative estimate of drug-likeness (QED) is 0.330. The van der Waals surface area contributed by atoms with Gasteiger partial charge >= 0.3 is 0 Å². The molecule has 3 aromatic rings. The Hall–Kier alpha value is -2.94. The van der Waals surface area contributed by atoms with Gasteiger partial charge in [0, 0.05) is 18.3 Å². The first-order valence-corrected chi connectivity index (χ1v) is 12.7. The zero-order chi connectivity index (χ0) is 24.8. The average molecular weight is 456 g/mol. The highest BCUT2D eigenvalue weighted by molar-refractivity contribution is 5.69. The van der Waals surface area contributed by atoms with E-state index >= 15 is 0 Å². The molecule has 180 valence electrons. The molecular formula is C31H41N3. The second-order valence-electron chi connectivity index (χ2n) is 10.4. The number of aromatic nitrogens is 1. The number of aromatic amines is 1. The van der Waals surface area contributed by atoms with Crippen molar-refractivity contribution in [3.8, 4) is 0 Å². The Morgan fingerprint density at radius 1 is 0.618 bits per heavy atom. The smallest absolute Gasteiger partial charge is 0.130 e. The fourth-order valence-electron chi connectivity index (χ4n) is 4.34. The van der Waals surface area contributed by atoms with Crippen LogP contribution in [0.5, 0.6) is 0 Å². The van der Waals surface area contributed by atoms with Crippen LogP contribution >= 0.6 is 0 Å². The van der Waals surface area contributed by atoms with Crippen molar-refractivity contribution in [3.05, 3.63) is 88.0 Å². The van der Waals surface area contributed by atoms with E-state index in [1.807, 2.05) is 12.3 Å². The maximum atomic E-state index is 5.08. The summed E-state index contributed by atoms with van der Waals surface area (Å²) in [5, 5.41) is 0. The lowest BCUT2D eigenvalue weighted by Gasteiger charge is -2.16. The molecule has 1 aromatic heterocycles. The van der Waals surface area contributed by atoms with Gasteiger partial charge in [-0.25, -0.2) is 4.99 Å². The molecular weight excluding hydrogens is 414 g/mol. The lowest BCUT2D eigenvalue weighted by Crippen LogP contribution is -2.10. The van der Waals surface area contributed by atoms with Gasteiger partial charge in [0.05, 0.1) is 11.4 Å². The first-order chi connectivity index (χ1) is 16.2. The molecule has 2 aromatic carbocycles. The van der Waals surface area contributed by atoms with Crippen LogP contribution in [0.4, 0.5) is 11.4 Å². The van der Waals surface area contributed by atoms with Crippen molar-refractivity contribution < 1.29 is 0 Å². The van der Waals surface area contributed by atoms with Crippen LogP contribution in [0.2, 0.25) is 0 Å². The van der Waals surface area contributed by atoms with Gasteiger partial charge in [0.2, 0.25) is 0 Å². The Bertz CT molecular complexity index is 1140. The van der Waals surface area contributed by atoms with E-state index in [0.717, 1.165) is 29.0 Å². The highest BCUT2D eigenvalue weighted by atomic mass is 14.9. The molecule has 0 unspecified atom stereocenters. The van der Waals surface area contributed by atoms with Crippen LogP contribution in [0.25, 0.3) is 0 Å². The number of rotatable bonds is 8. The maximum absolute atomic E-state index is 5.08. The Balaban J connectivity index is 1.95. The summed E-state index contributed by atoms with van der Waals surface area (Å²) in [6, 6.07) is 19.3. The maximum Gasteiger partial charge on any atom is 0.130 e. The average Bonchev–Trinajstić information content (AvgIpc) is 2.79. The number of nitrogens with one attached hydrogen (secondary N) is 1. The molecule has 0 saturated carbocycles. The molecule has 0 aliphatic carbocycles. The molecule has 3 heteroatoms. The molecule has 0 aliphatic heterocycles. The summed E-state index contributed by atoms with van der Waals surface area (Å²) in [5.74, 6) is 1.72. The lowest BCUT2D eigenvalue weighted by molar-refractivity contribution is 0.830. The van der Waals surface area contributed by atoms with E-state index < -0.39 is 0 Å². The minimum Gasteiger partial charge on any atom is -0.343 e. The van der Waals surface area contributed by atoms with Crippen molar-refractivity contribution in [2.75, 3.05) is 0 Å². The van der Waals surface area contributed by atoms with E-state index in [2.05, 4.69) is 109 Å². The van der Waals surface area contributed by atoms with Crippen LogP contribution in [0.1, 0.15) is 107 Å². The van der Waals surface area contributed by atoms with E-state index in [9.17, 15) is 0 Å². The summed E-state index contributed by atoms with van der Waals surface area (Å²) < 4.78 is 0. The van der Waals surface area contributed by atoms with E-state index in [1.165, 1.54) is 22.3 Å². The highest BCUT2D eigenvalue weighted by Gasteiger charge is 2.14. The molecule has 0 saturated heterocycles. The van der Waals surface area contributed by atoms with Crippen LogP contribution in [0, 0.1) is 0 Å². The summed E-state index contributed by atoms with van der Waals surface area (Å²) in [5.41, 5.74) is 9.40. The summed E-state index contributed by atoms with van der Waals surface area (Å²) in [4.78, 5) is 13.6. The van der Waals surface area contributed by atoms with E-state index in [1.54, 1.807) is 0 Å². The van der Waals surface area contributed by atoms with Crippen molar-refractivity contribution in [3.63, 3.8) is 0 Å². The lowest BCUT2D eigenvalue weighted by atomic mass is 9.93. The van der Waals surface area contributed by atoms with Crippen molar-refractivity contribution in [1.82, 2.24) is 4.98 Å². The molecule has 0 aliphatic rings. The van der Waals surface area contributed by atoms with E-state index in [-0.39, 0.29) is 0 Å². The fourth-order valence-corrected chi connectivity index (χ4v) is 4.34. The Kier molecular flexibility index (Phi) is 8.66. The molecule has 0 radical (unpaired) electrons. The molecule has 3 rings (SSSR count). The standard InChI is InChI=1S/C31H41N3/c1-20(2)25-13-10-14-26(21(3)4)30(25)32-19-18-24-12-9-17-29(33-24)34-31-27(22(5)6)15-11-16-28(31)23(7)8/h9-17,19-23H,18H2,1-8H3,(H,33,34). The summed E-state index contributed by atoms with van der Waals surface area (Å²) in [6.45, 7) is 17.9. The molecule has 0 amide bonds. The minimum atomic E-state index is 0.420. The largest absolute Gasteiger partial charge is 0.343 e. The van der Waals surface area contributed by atoms with Gasteiger partial charge < -0.3 is 4.98 Å². The monoisotopic (exact) mass is 455 g/mol. The highest BCUT2D eigenvalue weighted by Crippen LogP contribution is 2.35. The summed E-state index contributed by atoms with van der Waals surface area (Å²) >= 11 is 0. The van der Waals surface area contributed by atoms with Crippen molar-refractivity contribution in [2.45, 2.75) is 85.5 Å². The molecule has 0 atom stereocenters. The topological polar surface area (TPSA) is 40.5 Å².